The fraction of sp³-hybridized carbons (Fsp3) is 0.938. The van der Waals surface area contributed by atoms with E-state index in [1.54, 1.807) is 11.8 Å². The zero-order valence-electron chi connectivity index (χ0n) is 13.5. The summed E-state index contributed by atoms with van der Waals surface area (Å²) in [6.07, 6.45) is 5.97. The van der Waals surface area contributed by atoms with Gasteiger partial charge in [0.2, 0.25) is 5.91 Å². The van der Waals surface area contributed by atoms with Gasteiger partial charge in [0.15, 0.2) is 0 Å². The minimum atomic E-state index is 0. The number of thioether (sulfide) groups is 1. The van der Waals surface area contributed by atoms with Crippen LogP contribution in [0.4, 0.5) is 0 Å². The Bertz CT molecular complexity index is 326. The first-order valence-electron chi connectivity index (χ1n) is 8.20. The normalized spacial score (nSPS) is 33.2. The van der Waals surface area contributed by atoms with Crippen molar-refractivity contribution in [1.29, 1.82) is 0 Å². The molecule has 21 heavy (non-hydrogen) atoms. The second-order valence-corrected chi connectivity index (χ2v) is 8.26. The van der Waals surface area contributed by atoms with E-state index in [4.69, 9.17) is 5.73 Å². The zero-order valence-corrected chi connectivity index (χ0v) is 15.1. The van der Waals surface area contributed by atoms with Crippen LogP contribution in [0.3, 0.4) is 0 Å². The molecule has 2 fully saturated rings. The fourth-order valence-electron chi connectivity index (χ4n) is 4.02. The second kappa shape index (κ2) is 8.64. The number of nitrogens with two attached hydrogens (primary N) is 1. The van der Waals surface area contributed by atoms with E-state index in [2.05, 4.69) is 26.1 Å². The molecule has 0 aromatic rings. The zero-order chi connectivity index (χ0) is 14.7. The van der Waals surface area contributed by atoms with Crippen LogP contribution < -0.4 is 11.1 Å². The molecule has 0 spiro atoms. The number of carbonyl (C=O) groups is 1. The van der Waals surface area contributed by atoms with Gasteiger partial charge in [-0.2, -0.15) is 0 Å². The molecule has 0 heterocycles. The van der Waals surface area contributed by atoms with E-state index >= 15 is 0 Å². The Morgan fingerprint density at radius 3 is 2.33 bits per heavy atom. The highest BCUT2D eigenvalue weighted by Crippen LogP contribution is 2.40. The maximum atomic E-state index is 12.6. The third-order valence-electron chi connectivity index (χ3n) is 4.90. The molecule has 0 aromatic heterocycles. The SMILES string of the molecule is CCSC(C(=O)NC1C2CCCC1CC(N)C2)C(C)C.Cl. The first kappa shape index (κ1) is 19.1. The molecule has 5 heteroatoms. The fourth-order valence-corrected chi connectivity index (χ4v) is 4.99. The molecule has 3 nitrogen and oxygen atoms in total. The average molecular weight is 335 g/mol. The number of fused-ring (bicyclic) bond motifs is 2. The van der Waals surface area contributed by atoms with Crippen molar-refractivity contribution in [3.05, 3.63) is 0 Å². The molecule has 2 rings (SSSR count). The lowest BCUT2D eigenvalue weighted by atomic mass is 9.67. The summed E-state index contributed by atoms with van der Waals surface area (Å²) in [6, 6.07) is 0.735. The number of hydrogen-bond donors (Lipinski definition) is 2. The van der Waals surface area contributed by atoms with E-state index in [9.17, 15) is 4.79 Å². The first-order chi connectivity index (χ1) is 9.52. The van der Waals surface area contributed by atoms with Crippen LogP contribution in [-0.4, -0.2) is 29.0 Å². The summed E-state index contributed by atoms with van der Waals surface area (Å²) in [5.74, 6) is 2.87. The molecule has 0 saturated heterocycles. The number of halogens is 1. The van der Waals surface area contributed by atoms with Crippen LogP contribution in [0.2, 0.25) is 0 Å². The molecular formula is C16H31ClN2OS. The van der Waals surface area contributed by atoms with E-state index in [0.29, 0.717) is 29.8 Å². The third-order valence-corrected chi connectivity index (χ3v) is 6.35. The molecular weight excluding hydrogens is 304 g/mol. The molecule has 2 bridgehead atoms. The molecule has 3 unspecified atom stereocenters. The van der Waals surface area contributed by atoms with Crippen molar-refractivity contribution in [3.8, 4) is 0 Å². The van der Waals surface area contributed by atoms with Crippen molar-refractivity contribution in [2.24, 2.45) is 23.5 Å². The van der Waals surface area contributed by atoms with E-state index in [1.165, 1.54) is 19.3 Å². The van der Waals surface area contributed by atoms with Crippen molar-refractivity contribution < 1.29 is 4.79 Å². The quantitative estimate of drug-likeness (QED) is 0.811. The highest BCUT2D eigenvalue weighted by Gasteiger charge is 2.40. The van der Waals surface area contributed by atoms with Gasteiger partial charge < -0.3 is 11.1 Å². The average Bonchev–Trinajstić information content (AvgIpc) is 2.36. The molecule has 2 aliphatic carbocycles. The van der Waals surface area contributed by atoms with E-state index in [1.807, 2.05) is 0 Å². The standard InChI is InChI=1S/C16H30N2OS.ClH/c1-4-20-15(10(2)3)16(19)18-14-11-6-5-7-12(14)9-13(17)8-11;/h10-15H,4-9,17H2,1-3H3,(H,18,19);1H. The van der Waals surface area contributed by atoms with Crippen LogP contribution >= 0.6 is 24.2 Å². The summed E-state index contributed by atoms with van der Waals surface area (Å²) in [6.45, 7) is 6.41. The van der Waals surface area contributed by atoms with Crippen LogP contribution in [0, 0.1) is 17.8 Å². The Kier molecular flexibility index (Phi) is 7.86. The van der Waals surface area contributed by atoms with Crippen LogP contribution in [0.25, 0.3) is 0 Å². The number of nitrogens with one attached hydrogen (secondary N) is 1. The number of amides is 1. The molecule has 2 saturated carbocycles. The lowest BCUT2D eigenvalue weighted by Crippen LogP contribution is -2.55. The van der Waals surface area contributed by atoms with Crippen LogP contribution in [0.1, 0.15) is 52.9 Å². The summed E-state index contributed by atoms with van der Waals surface area (Å²) in [4.78, 5) is 12.6. The van der Waals surface area contributed by atoms with Gasteiger partial charge in [0.1, 0.15) is 0 Å². The summed E-state index contributed by atoms with van der Waals surface area (Å²) >= 11 is 1.77. The van der Waals surface area contributed by atoms with Crippen molar-refractivity contribution >= 4 is 30.1 Å². The van der Waals surface area contributed by atoms with E-state index in [-0.39, 0.29) is 23.6 Å². The Balaban J connectivity index is 0.00000220. The van der Waals surface area contributed by atoms with Gasteiger partial charge in [-0.25, -0.2) is 0 Å². The van der Waals surface area contributed by atoms with Gasteiger partial charge in [-0.1, -0.05) is 27.2 Å². The maximum absolute atomic E-state index is 12.6. The van der Waals surface area contributed by atoms with Gasteiger partial charge in [0.05, 0.1) is 5.25 Å². The Labute approximate surface area is 140 Å². The monoisotopic (exact) mass is 334 g/mol. The summed E-state index contributed by atoms with van der Waals surface area (Å²) in [5, 5.41) is 3.49. The van der Waals surface area contributed by atoms with Crippen LogP contribution in [-0.2, 0) is 4.79 Å². The van der Waals surface area contributed by atoms with Gasteiger partial charge in [-0.3, -0.25) is 4.79 Å². The van der Waals surface area contributed by atoms with Crippen molar-refractivity contribution in [1.82, 2.24) is 5.32 Å². The number of hydrogen-bond acceptors (Lipinski definition) is 3. The third kappa shape index (κ3) is 4.77. The molecule has 3 atom stereocenters. The Morgan fingerprint density at radius 2 is 1.86 bits per heavy atom. The lowest BCUT2D eigenvalue weighted by Gasteiger charge is -2.45. The second-order valence-electron chi connectivity index (χ2n) is 6.84. The largest absolute Gasteiger partial charge is 0.352 e. The summed E-state index contributed by atoms with van der Waals surface area (Å²) in [5.41, 5.74) is 6.16. The highest BCUT2D eigenvalue weighted by molar-refractivity contribution is 8.00. The highest BCUT2D eigenvalue weighted by atomic mass is 35.5. The van der Waals surface area contributed by atoms with Crippen molar-refractivity contribution in [2.75, 3.05) is 5.75 Å². The van der Waals surface area contributed by atoms with Gasteiger partial charge in [-0.05, 0) is 49.2 Å². The predicted octanol–water partition coefficient (Wildman–Crippen LogP) is 3.21. The summed E-state index contributed by atoms with van der Waals surface area (Å²) < 4.78 is 0. The molecule has 124 valence electrons. The maximum Gasteiger partial charge on any atom is 0.233 e. The molecule has 1 amide bonds. The minimum Gasteiger partial charge on any atom is -0.352 e. The molecule has 0 aromatic carbocycles. The van der Waals surface area contributed by atoms with Gasteiger partial charge >= 0.3 is 0 Å². The Morgan fingerprint density at radius 1 is 1.29 bits per heavy atom. The number of carbonyl (C=O) groups excluding carboxylic acids is 1. The van der Waals surface area contributed by atoms with Gasteiger partial charge in [0.25, 0.3) is 0 Å². The first-order valence-corrected chi connectivity index (χ1v) is 9.25. The number of rotatable bonds is 5. The van der Waals surface area contributed by atoms with Crippen molar-refractivity contribution in [2.45, 2.75) is 70.2 Å². The van der Waals surface area contributed by atoms with Gasteiger partial charge in [-0.15, -0.1) is 24.2 Å². The van der Waals surface area contributed by atoms with Crippen LogP contribution in [0.5, 0.6) is 0 Å². The lowest BCUT2D eigenvalue weighted by molar-refractivity contribution is -0.123. The minimum absolute atomic E-state index is 0. The van der Waals surface area contributed by atoms with Crippen molar-refractivity contribution in [3.63, 3.8) is 0 Å². The predicted molar refractivity (Wildman–Crippen MR) is 94.0 cm³/mol. The van der Waals surface area contributed by atoms with Gasteiger partial charge in [0, 0.05) is 12.1 Å². The molecule has 0 radical (unpaired) electrons. The Hall–Kier alpha value is 0.0700. The van der Waals surface area contributed by atoms with Crippen LogP contribution in [0.15, 0.2) is 0 Å². The molecule has 3 N–H and O–H groups in total. The molecule has 0 aliphatic heterocycles. The topological polar surface area (TPSA) is 55.1 Å². The van der Waals surface area contributed by atoms with E-state index in [0.717, 1.165) is 18.6 Å². The smallest absolute Gasteiger partial charge is 0.233 e. The molecule has 2 aliphatic rings. The van der Waals surface area contributed by atoms with E-state index < -0.39 is 0 Å². The summed E-state index contributed by atoms with van der Waals surface area (Å²) in [7, 11) is 0.